The number of halogens is 1. The van der Waals surface area contributed by atoms with Crippen LogP contribution in [0.4, 0.5) is 4.39 Å². The number of benzene rings is 1. The second-order valence-corrected chi connectivity index (χ2v) is 11.5. The zero-order valence-corrected chi connectivity index (χ0v) is 21.5. The van der Waals surface area contributed by atoms with Crippen LogP contribution in [0.5, 0.6) is 5.88 Å². The normalized spacial score (nSPS) is 11.8. The Hall–Kier alpha value is -2.78. The van der Waals surface area contributed by atoms with Crippen molar-refractivity contribution in [2.75, 3.05) is 7.11 Å². The third-order valence-corrected chi connectivity index (χ3v) is 8.33. The maximum atomic E-state index is 14.5. The highest BCUT2D eigenvalue weighted by atomic mass is 32.2. The van der Waals surface area contributed by atoms with Gasteiger partial charge in [-0.2, -0.15) is 0 Å². The lowest BCUT2D eigenvalue weighted by Gasteiger charge is -2.18. The van der Waals surface area contributed by atoms with Crippen LogP contribution >= 0.6 is 11.3 Å². The van der Waals surface area contributed by atoms with Crippen LogP contribution in [0.25, 0.3) is 11.1 Å². The number of carbonyl (C=O) groups is 1. The van der Waals surface area contributed by atoms with Crippen molar-refractivity contribution in [1.82, 2.24) is 9.71 Å². The average molecular weight is 505 g/mol. The smallest absolute Gasteiger partial charge is 0.273 e. The van der Waals surface area contributed by atoms with E-state index >= 15 is 0 Å². The zero-order chi connectivity index (χ0) is 25.0. The standard InChI is InChI=1S/C25H29FN2O4S2/c1-15(2)18-11-25(33-14-18)34(30,31)28-23(29)7-6-20-21(16(3)4)12-19(26)13-22(20)17-8-9-27-24(10-17)32-5/h8-16H,6-7H2,1-5H3,(H,28,29). The summed E-state index contributed by atoms with van der Waals surface area (Å²) in [6.45, 7) is 7.84. The molecule has 0 radical (unpaired) electrons. The molecule has 1 aromatic carbocycles. The van der Waals surface area contributed by atoms with Crippen molar-refractivity contribution in [3.63, 3.8) is 0 Å². The number of carbonyl (C=O) groups excluding carboxylic acids is 1. The van der Waals surface area contributed by atoms with E-state index < -0.39 is 15.9 Å². The minimum absolute atomic E-state index is 0.000509. The maximum absolute atomic E-state index is 14.5. The van der Waals surface area contributed by atoms with Gasteiger partial charge in [0.15, 0.2) is 0 Å². The number of hydrogen-bond donors (Lipinski definition) is 1. The molecule has 0 fully saturated rings. The Morgan fingerprint density at radius 1 is 1.15 bits per heavy atom. The summed E-state index contributed by atoms with van der Waals surface area (Å²) in [5.74, 6) is -0.422. The van der Waals surface area contributed by atoms with E-state index in [-0.39, 0.29) is 34.7 Å². The summed E-state index contributed by atoms with van der Waals surface area (Å²) in [5.41, 5.74) is 3.79. The molecule has 2 aromatic heterocycles. The van der Waals surface area contributed by atoms with Crippen molar-refractivity contribution in [2.45, 2.75) is 56.6 Å². The van der Waals surface area contributed by atoms with Gasteiger partial charge in [0, 0.05) is 18.7 Å². The lowest BCUT2D eigenvalue weighted by atomic mass is 9.87. The first-order chi connectivity index (χ1) is 16.0. The number of sulfonamides is 1. The van der Waals surface area contributed by atoms with Crippen LogP contribution in [0.2, 0.25) is 0 Å². The van der Waals surface area contributed by atoms with Gasteiger partial charge in [-0.3, -0.25) is 4.79 Å². The molecule has 0 aliphatic carbocycles. The van der Waals surface area contributed by atoms with E-state index in [1.54, 1.807) is 29.8 Å². The van der Waals surface area contributed by atoms with Gasteiger partial charge < -0.3 is 4.74 Å². The quantitative estimate of drug-likeness (QED) is 0.407. The van der Waals surface area contributed by atoms with Crippen molar-refractivity contribution in [2.24, 2.45) is 0 Å². The molecule has 6 nitrogen and oxygen atoms in total. The third kappa shape index (κ3) is 6.01. The van der Waals surface area contributed by atoms with Crippen LogP contribution in [-0.2, 0) is 21.2 Å². The number of pyridine rings is 1. The fourth-order valence-corrected chi connectivity index (χ4v) is 6.03. The second-order valence-electron chi connectivity index (χ2n) is 8.65. The molecule has 1 amide bonds. The Balaban J connectivity index is 1.87. The monoisotopic (exact) mass is 504 g/mol. The van der Waals surface area contributed by atoms with E-state index in [4.69, 9.17) is 4.74 Å². The lowest BCUT2D eigenvalue weighted by molar-refractivity contribution is -0.119. The molecule has 1 N–H and O–H groups in total. The number of nitrogens with one attached hydrogen (secondary N) is 1. The summed E-state index contributed by atoms with van der Waals surface area (Å²) >= 11 is 1.09. The molecule has 2 heterocycles. The van der Waals surface area contributed by atoms with E-state index in [0.29, 0.717) is 17.0 Å². The van der Waals surface area contributed by atoms with Crippen molar-refractivity contribution in [3.05, 3.63) is 64.4 Å². The molecule has 0 saturated heterocycles. The predicted molar refractivity (Wildman–Crippen MR) is 132 cm³/mol. The van der Waals surface area contributed by atoms with E-state index in [2.05, 4.69) is 9.71 Å². The molecule has 9 heteroatoms. The Labute approximate surface area is 204 Å². The Morgan fingerprint density at radius 2 is 1.88 bits per heavy atom. The fraction of sp³-hybridized carbons (Fsp3) is 0.360. The van der Waals surface area contributed by atoms with Gasteiger partial charge in [-0.25, -0.2) is 22.5 Å². The van der Waals surface area contributed by atoms with Gasteiger partial charge in [-0.15, -0.1) is 11.3 Å². The highest BCUT2D eigenvalue weighted by molar-refractivity contribution is 7.92. The average Bonchev–Trinajstić information content (AvgIpc) is 3.29. The minimum atomic E-state index is -3.95. The van der Waals surface area contributed by atoms with Crippen molar-refractivity contribution in [1.29, 1.82) is 0 Å². The Bertz CT molecular complexity index is 1280. The zero-order valence-electron chi connectivity index (χ0n) is 19.9. The number of nitrogens with zero attached hydrogens (tertiary/aromatic N) is 1. The molecule has 0 spiro atoms. The SMILES string of the molecule is COc1cc(-c2cc(F)cc(C(C)C)c2CCC(=O)NS(=O)(=O)c2cc(C(C)C)cs2)ccn1. The number of hydrogen-bond acceptors (Lipinski definition) is 6. The van der Waals surface area contributed by atoms with Crippen LogP contribution in [0.15, 0.2) is 46.1 Å². The summed E-state index contributed by atoms with van der Waals surface area (Å²) in [5, 5.41) is 1.78. The number of ether oxygens (including phenoxy) is 1. The number of rotatable bonds is 9. The van der Waals surface area contributed by atoms with Crippen molar-refractivity contribution < 1.29 is 22.3 Å². The first kappa shape index (κ1) is 25.8. The third-order valence-electron chi connectivity index (χ3n) is 5.50. The van der Waals surface area contributed by atoms with Crippen LogP contribution in [0.1, 0.15) is 62.6 Å². The molecular formula is C25H29FN2O4S2. The molecule has 3 aromatic rings. The molecule has 0 unspecified atom stereocenters. The van der Waals surface area contributed by atoms with Crippen LogP contribution in [0, 0.1) is 5.82 Å². The number of amides is 1. The Morgan fingerprint density at radius 3 is 2.50 bits per heavy atom. The van der Waals surface area contributed by atoms with Gasteiger partial charge in [0.25, 0.3) is 10.0 Å². The molecule has 182 valence electrons. The van der Waals surface area contributed by atoms with Gasteiger partial charge in [0.2, 0.25) is 11.8 Å². The van der Waals surface area contributed by atoms with E-state index in [9.17, 15) is 17.6 Å². The summed E-state index contributed by atoms with van der Waals surface area (Å²) in [6, 6.07) is 7.94. The van der Waals surface area contributed by atoms with Crippen LogP contribution in [-0.4, -0.2) is 26.4 Å². The second kappa shape index (κ2) is 10.7. The van der Waals surface area contributed by atoms with Gasteiger partial charge in [0.05, 0.1) is 7.11 Å². The van der Waals surface area contributed by atoms with Gasteiger partial charge in [-0.05, 0) is 75.7 Å². The number of thiophene rings is 1. The minimum Gasteiger partial charge on any atom is -0.481 e. The maximum Gasteiger partial charge on any atom is 0.273 e. The van der Waals surface area contributed by atoms with Gasteiger partial charge >= 0.3 is 0 Å². The lowest BCUT2D eigenvalue weighted by Crippen LogP contribution is -2.30. The first-order valence-electron chi connectivity index (χ1n) is 11.0. The highest BCUT2D eigenvalue weighted by Gasteiger charge is 2.22. The Kier molecular flexibility index (Phi) is 8.09. The van der Waals surface area contributed by atoms with E-state index in [1.165, 1.54) is 19.2 Å². The topological polar surface area (TPSA) is 85.4 Å². The van der Waals surface area contributed by atoms with E-state index in [0.717, 1.165) is 28.0 Å². The molecule has 0 aliphatic rings. The molecule has 0 atom stereocenters. The molecule has 0 aliphatic heterocycles. The van der Waals surface area contributed by atoms with E-state index in [1.807, 2.05) is 27.7 Å². The molecule has 0 saturated carbocycles. The molecule has 34 heavy (non-hydrogen) atoms. The largest absolute Gasteiger partial charge is 0.481 e. The van der Waals surface area contributed by atoms with Gasteiger partial charge in [-0.1, -0.05) is 27.7 Å². The fourth-order valence-electron chi connectivity index (χ4n) is 3.66. The van der Waals surface area contributed by atoms with Crippen LogP contribution < -0.4 is 9.46 Å². The first-order valence-corrected chi connectivity index (χ1v) is 13.3. The van der Waals surface area contributed by atoms with Crippen molar-refractivity contribution >= 4 is 27.3 Å². The summed E-state index contributed by atoms with van der Waals surface area (Å²) < 4.78 is 47.3. The molecule has 0 bridgehead atoms. The predicted octanol–water partition coefficient (Wildman–Crippen LogP) is 5.64. The van der Waals surface area contributed by atoms with Crippen LogP contribution in [0.3, 0.4) is 0 Å². The molecule has 3 rings (SSSR count). The highest BCUT2D eigenvalue weighted by Crippen LogP contribution is 2.33. The summed E-state index contributed by atoms with van der Waals surface area (Å²) in [7, 11) is -2.45. The van der Waals surface area contributed by atoms with Crippen molar-refractivity contribution in [3.8, 4) is 17.0 Å². The number of methoxy groups -OCH3 is 1. The number of aromatic nitrogens is 1. The summed E-state index contributed by atoms with van der Waals surface area (Å²) in [6.07, 6.45) is 1.75. The summed E-state index contributed by atoms with van der Waals surface area (Å²) in [4.78, 5) is 16.8. The van der Waals surface area contributed by atoms with Gasteiger partial charge in [0.1, 0.15) is 10.0 Å². The molecular weight excluding hydrogens is 475 g/mol.